The predicted octanol–water partition coefficient (Wildman–Crippen LogP) is 2.36. The number of nitrogens with zero attached hydrogens (tertiary/aromatic N) is 3. The number of piperidine rings is 2. The predicted molar refractivity (Wildman–Crippen MR) is 106 cm³/mol. The fraction of sp³-hybridized carbons (Fsp3) is 0.591. The van der Waals surface area contributed by atoms with E-state index in [1.165, 1.54) is 12.8 Å². The SMILES string of the molecule is Cc1nc2ccc(C(=O)N3CCC4(CC3)CC(O)CN(CC3CC3)C4=O)cc2o1. The maximum Gasteiger partial charge on any atom is 0.253 e. The lowest BCUT2D eigenvalue weighted by atomic mass is 9.70. The first kappa shape index (κ1) is 18.6. The van der Waals surface area contributed by atoms with Crippen LogP contribution in [0.4, 0.5) is 0 Å². The molecule has 5 rings (SSSR count). The van der Waals surface area contributed by atoms with Gasteiger partial charge in [-0.05, 0) is 56.2 Å². The topological polar surface area (TPSA) is 86.9 Å². The Kier molecular flexibility index (Phi) is 4.38. The number of hydrogen-bond acceptors (Lipinski definition) is 5. The normalized spacial score (nSPS) is 24.5. The Morgan fingerprint density at radius 1 is 1.31 bits per heavy atom. The molecular weight excluding hydrogens is 370 g/mol. The van der Waals surface area contributed by atoms with Crippen LogP contribution in [0.5, 0.6) is 0 Å². The number of likely N-dealkylation sites (tertiary alicyclic amines) is 2. The van der Waals surface area contributed by atoms with Crippen LogP contribution in [0.1, 0.15) is 48.4 Å². The van der Waals surface area contributed by atoms with Gasteiger partial charge in [-0.2, -0.15) is 0 Å². The van der Waals surface area contributed by atoms with E-state index >= 15 is 0 Å². The molecular formula is C22H27N3O4. The van der Waals surface area contributed by atoms with Crippen molar-refractivity contribution in [1.29, 1.82) is 0 Å². The number of amides is 2. The van der Waals surface area contributed by atoms with Crippen molar-refractivity contribution in [1.82, 2.24) is 14.8 Å². The summed E-state index contributed by atoms with van der Waals surface area (Å²) in [5, 5.41) is 10.4. The van der Waals surface area contributed by atoms with E-state index < -0.39 is 11.5 Å². The average molecular weight is 397 g/mol. The molecule has 1 N–H and O–H groups in total. The van der Waals surface area contributed by atoms with E-state index in [4.69, 9.17) is 4.42 Å². The van der Waals surface area contributed by atoms with Crippen LogP contribution in [0.3, 0.4) is 0 Å². The first-order valence-electron chi connectivity index (χ1n) is 10.6. The smallest absolute Gasteiger partial charge is 0.253 e. The Hall–Kier alpha value is -2.41. The minimum atomic E-state index is -0.519. The molecule has 3 fully saturated rings. The van der Waals surface area contributed by atoms with E-state index in [0.717, 1.165) is 12.1 Å². The van der Waals surface area contributed by atoms with Crippen molar-refractivity contribution in [2.75, 3.05) is 26.2 Å². The fourth-order valence-corrected chi connectivity index (χ4v) is 4.96. The van der Waals surface area contributed by atoms with Crippen LogP contribution >= 0.6 is 0 Å². The number of rotatable bonds is 3. The van der Waals surface area contributed by atoms with E-state index in [-0.39, 0.29) is 11.8 Å². The summed E-state index contributed by atoms with van der Waals surface area (Å²) in [6.07, 6.45) is 3.64. The number of hydrogen-bond donors (Lipinski definition) is 1. The Bertz CT molecular complexity index is 954. The van der Waals surface area contributed by atoms with Gasteiger partial charge in [0.15, 0.2) is 11.5 Å². The number of fused-ring (bicyclic) bond motifs is 1. The van der Waals surface area contributed by atoms with Crippen molar-refractivity contribution in [3.63, 3.8) is 0 Å². The molecule has 2 aliphatic heterocycles. The quantitative estimate of drug-likeness (QED) is 0.859. The molecule has 2 amide bonds. The maximum atomic E-state index is 13.2. The van der Waals surface area contributed by atoms with Gasteiger partial charge in [0.2, 0.25) is 5.91 Å². The Morgan fingerprint density at radius 2 is 2.07 bits per heavy atom. The van der Waals surface area contributed by atoms with Crippen LogP contribution in [0, 0.1) is 18.3 Å². The van der Waals surface area contributed by atoms with Gasteiger partial charge in [-0.15, -0.1) is 0 Å². The number of benzene rings is 1. The van der Waals surface area contributed by atoms with E-state index in [1.54, 1.807) is 25.1 Å². The average Bonchev–Trinajstić information content (AvgIpc) is 3.43. The van der Waals surface area contributed by atoms with E-state index in [1.807, 2.05) is 9.80 Å². The highest BCUT2D eigenvalue weighted by atomic mass is 16.3. The Morgan fingerprint density at radius 3 is 2.79 bits per heavy atom. The molecule has 1 atom stereocenters. The molecule has 3 aliphatic rings. The fourth-order valence-electron chi connectivity index (χ4n) is 4.96. The van der Waals surface area contributed by atoms with E-state index in [2.05, 4.69) is 4.98 Å². The molecule has 1 aromatic heterocycles. The monoisotopic (exact) mass is 397 g/mol. The van der Waals surface area contributed by atoms with Gasteiger partial charge in [-0.1, -0.05) is 0 Å². The van der Waals surface area contributed by atoms with Crippen molar-refractivity contribution in [2.24, 2.45) is 11.3 Å². The lowest BCUT2D eigenvalue weighted by Gasteiger charge is -2.48. The molecule has 2 saturated heterocycles. The number of aliphatic hydroxyl groups excluding tert-OH is 1. The number of aryl methyl sites for hydroxylation is 1. The van der Waals surface area contributed by atoms with Gasteiger partial charge in [-0.3, -0.25) is 9.59 Å². The molecule has 1 unspecified atom stereocenters. The van der Waals surface area contributed by atoms with E-state index in [9.17, 15) is 14.7 Å². The zero-order valence-corrected chi connectivity index (χ0v) is 16.8. The first-order chi connectivity index (χ1) is 13.9. The third kappa shape index (κ3) is 3.41. The van der Waals surface area contributed by atoms with Crippen LogP contribution in [-0.2, 0) is 4.79 Å². The Labute approximate surface area is 169 Å². The number of oxazole rings is 1. The van der Waals surface area contributed by atoms with Crippen molar-refractivity contribution in [3.05, 3.63) is 29.7 Å². The molecule has 0 radical (unpaired) electrons. The summed E-state index contributed by atoms with van der Waals surface area (Å²) in [7, 11) is 0. The van der Waals surface area contributed by atoms with Gasteiger partial charge >= 0.3 is 0 Å². The second kappa shape index (κ2) is 6.83. The third-order valence-corrected chi connectivity index (χ3v) is 6.72. The summed E-state index contributed by atoms with van der Waals surface area (Å²) in [4.78, 5) is 34.2. The lowest BCUT2D eigenvalue weighted by molar-refractivity contribution is -0.156. The number of aromatic nitrogens is 1. The van der Waals surface area contributed by atoms with Gasteiger partial charge in [0.25, 0.3) is 5.91 Å². The summed E-state index contributed by atoms with van der Waals surface area (Å²) >= 11 is 0. The van der Waals surface area contributed by atoms with Gasteiger partial charge in [-0.25, -0.2) is 4.98 Å². The summed E-state index contributed by atoms with van der Waals surface area (Å²) in [6.45, 7) is 4.07. The molecule has 154 valence electrons. The van der Waals surface area contributed by atoms with Gasteiger partial charge in [0.05, 0.1) is 11.5 Å². The van der Waals surface area contributed by atoms with Crippen molar-refractivity contribution < 1.29 is 19.1 Å². The van der Waals surface area contributed by atoms with Crippen LogP contribution in [0.15, 0.2) is 22.6 Å². The highest BCUT2D eigenvalue weighted by Gasteiger charge is 2.49. The lowest BCUT2D eigenvalue weighted by Crippen LogP contribution is -2.58. The van der Waals surface area contributed by atoms with Crippen molar-refractivity contribution in [2.45, 2.75) is 45.1 Å². The number of carbonyl (C=O) groups is 2. The highest BCUT2D eigenvalue weighted by molar-refractivity contribution is 5.97. The summed E-state index contributed by atoms with van der Waals surface area (Å²) < 4.78 is 5.55. The number of aliphatic hydroxyl groups is 1. The molecule has 3 heterocycles. The number of carbonyl (C=O) groups excluding carboxylic acids is 2. The third-order valence-electron chi connectivity index (χ3n) is 6.72. The van der Waals surface area contributed by atoms with Crippen LogP contribution < -0.4 is 0 Å². The molecule has 29 heavy (non-hydrogen) atoms. The van der Waals surface area contributed by atoms with Gasteiger partial charge in [0, 0.05) is 38.7 Å². The minimum Gasteiger partial charge on any atom is -0.441 e. The molecule has 1 aromatic carbocycles. The minimum absolute atomic E-state index is 0.0468. The second-order valence-electron chi connectivity index (χ2n) is 9.00. The molecule has 7 heteroatoms. The molecule has 1 spiro atoms. The standard InChI is InChI=1S/C22H27N3O4/c1-14-23-18-5-4-16(10-19(18)29-14)20(27)24-8-6-22(7-9-24)11-17(26)13-25(21(22)28)12-15-2-3-15/h4-5,10,15,17,26H,2-3,6-9,11-13H2,1H3. The van der Waals surface area contributed by atoms with Gasteiger partial charge in [0.1, 0.15) is 5.52 Å². The summed E-state index contributed by atoms with van der Waals surface area (Å²) in [5.41, 5.74) is 1.42. The highest BCUT2D eigenvalue weighted by Crippen LogP contribution is 2.42. The summed E-state index contributed by atoms with van der Waals surface area (Å²) in [6, 6.07) is 5.33. The Balaban J connectivity index is 1.29. The molecule has 0 bridgehead atoms. The van der Waals surface area contributed by atoms with Crippen LogP contribution in [-0.4, -0.2) is 64.0 Å². The first-order valence-corrected chi connectivity index (χ1v) is 10.6. The largest absolute Gasteiger partial charge is 0.441 e. The van der Waals surface area contributed by atoms with Gasteiger partial charge < -0.3 is 19.3 Å². The molecule has 2 aromatic rings. The van der Waals surface area contributed by atoms with Crippen molar-refractivity contribution >= 4 is 22.9 Å². The summed E-state index contributed by atoms with van der Waals surface area (Å²) in [5.74, 6) is 1.32. The second-order valence-corrected chi connectivity index (χ2v) is 9.00. The number of β-amino-alcohol motifs (C(OH)–C–C–N with tert-alkyl or cyclic N) is 1. The maximum absolute atomic E-state index is 13.2. The van der Waals surface area contributed by atoms with Crippen LogP contribution in [0.25, 0.3) is 11.1 Å². The zero-order chi connectivity index (χ0) is 20.2. The molecule has 7 nitrogen and oxygen atoms in total. The van der Waals surface area contributed by atoms with Crippen molar-refractivity contribution in [3.8, 4) is 0 Å². The molecule has 1 saturated carbocycles. The van der Waals surface area contributed by atoms with E-state index in [0.29, 0.717) is 61.9 Å². The zero-order valence-electron chi connectivity index (χ0n) is 16.8. The van der Waals surface area contributed by atoms with Crippen LogP contribution in [0.2, 0.25) is 0 Å². The molecule has 1 aliphatic carbocycles.